The Hall–Kier alpha value is -1.20. The van der Waals surface area contributed by atoms with Gasteiger partial charge in [0.2, 0.25) is 0 Å². The number of carbonyl (C=O) groups is 1. The third-order valence-electron chi connectivity index (χ3n) is 2.44. The van der Waals surface area contributed by atoms with Crippen LogP contribution in [0.3, 0.4) is 0 Å². The Bertz CT molecular complexity index is 409. The lowest BCUT2D eigenvalue weighted by molar-refractivity contribution is -0.137. The summed E-state index contributed by atoms with van der Waals surface area (Å²) in [6.45, 7) is 4.58. The summed E-state index contributed by atoms with van der Waals surface area (Å²) in [5, 5.41) is 8.61. The Kier molecular flexibility index (Phi) is 6.01. The summed E-state index contributed by atoms with van der Waals surface area (Å²) in [6.07, 6.45) is 0. The van der Waals surface area contributed by atoms with Crippen molar-refractivity contribution in [2.75, 3.05) is 18.1 Å². The first kappa shape index (κ1) is 14.9. The minimum atomic E-state index is -0.960. The first-order valence-corrected chi connectivity index (χ1v) is 6.92. The maximum absolute atomic E-state index is 10.5. The molecule has 0 radical (unpaired) electrons. The zero-order valence-electron chi connectivity index (χ0n) is 10.7. The van der Waals surface area contributed by atoms with Crippen LogP contribution in [0.25, 0.3) is 0 Å². The first-order chi connectivity index (χ1) is 8.50. The number of thioether (sulfide) groups is 1. The molecule has 4 nitrogen and oxygen atoms in total. The molecular formula is C13H19NO3S. The summed E-state index contributed by atoms with van der Waals surface area (Å²) in [5.41, 5.74) is 7.66. The van der Waals surface area contributed by atoms with Gasteiger partial charge in [-0.25, -0.2) is 0 Å². The average Bonchev–Trinajstić information content (AvgIpc) is 2.32. The van der Waals surface area contributed by atoms with E-state index in [1.54, 1.807) is 0 Å². The Morgan fingerprint density at radius 3 is 2.89 bits per heavy atom. The van der Waals surface area contributed by atoms with Gasteiger partial charge in [-0.2, -0.15) is 11.8 Å². The number of hydrogen-bond acceptors (Lipinski definition) is 4. The number of carboxylic acids is 1. The lowest BCUT2D eigenvalue weighted by atomic mass is 10.1. The molecule has 3 N–H and O–H groups in total. The van der Waals surface area contributed by atoms with Crippen molar-refractivity contribution >= 4 is 17.7 Å². The zero-order chi connectivity index (χ0) is 13.5. The zero-order valence-corrected chi connectivity index (χ0v) is 11.5. The summed E-state index contributed by atoms with van der Waals surface area (Å²) in [4.78, 5) is 10.5. The van der Waals surface area contributed by atoms with Crippen molar-refractivity contribution in [1.82, 2.24) is 0 Å². The van der Waals surface area contributed by atoms with Gasteiger partial charge in [-0.1, -0.05) is 12.1 Å². The standard InChI is InChI=1S/C13H19NO3S/c1-9-3-4-10(2)12(7-9)17-5-6-18-8-11(14)13(15)16/h3-4,7,11H,5-6,8,14H2,1-2H3,(H,15,16). The van der Waals surface area contributed by atoms with Crippen molar-refractivity contribution in [3.05, 3.63) is 29.3 Å². The van der Waals surface area contributed by atoms with E-state index in [1.807, 2.05) is 32.0 Å². The van der Waals surface area contributed by atoms with Gasteiger partial charge in [-0.3, -0.25) is 4.79 Å². The third-order valence-corrected chi connectivity index (χ3v) is 3.49. The second kappa shape index (κ2) is 7.28. The van der Waals surface area contributed by atoms with Crippen LogP contribution >= 0.6 is 11.8 Å². The van der Waals surface area contributed by atoms with Crippen LogP contribution in [-0.2, 0) is 4.79 Å². The van der Waals surface area contributed by atoms with E-state index in [9.17, 15) is 4.79 Å². The van der Waals surface area contributed by atoms with E-state index < -0.39 is 12.0 Å². The summed E-state index contributed by atoms with van der Waals surface area (Å²) in [5.74, 6) is 1.07. The molecule has 0 saturated carbocycles. The SMILES string of the molecule is Cc1ccc(C)c(OCCSCC(N)C(=O)O)c1. The Morgan fingerprint density at radius 1 is 1.50 bits per heavy atom. The van der Waals surface area contributed by atoms with Crippen LogP contribution in [0.2, 0.25) is 0 Å². The van der Waals surface area contributed by atoms with Crippen molar-refractivity contribution in [1.29, 1.82) is 0 Å². The fraction of sp³-hybridized carbons (Fsp3) is 0.462. The number of aliphatic carboxylic acids is 1. The lowest BCUT2D eigenvalue weighted by Crippen LogP contribution is -2.32. The van der Waals surface area contributed by atoms with Crippen LogP contribution in [0.1, 0.15) is 11.1 Å². The molecule has 1 rings (SSSR count). The molecule has 1 unspecified atom stereocenters. The molecule has 5 heteroatoms. The van der Waals surface area contributed by atoms with Gasteiger partial charge in [0.05, 0.1) is 6.61 Å². The number of hydrogen-bond donors (Lipinski definition) is 2. The summed E-state index contributed by atoms with van der Waals surface area (Å²) in [6, 6.07) is 5.28. The predicted molar refractivity (Wildman–Crippen MR) is 74.3 cm³/mol. The third kappa shape index (κ3) is 4.98. The topological polar surface area (TPSA) is 72.5 Å². The molecule has 0 saturated heterocycles. The van der Waals surface area contributed by atoms with Crippen LogP contribution in [0.15, 0.2) is 18.2 Å². The van der Waals surface area contributed by atoms with Crippen molar-refractivity contribution in [2.24, 2.45) is 5.73 Å². The molecule has 1 atom stereocenters. The highest BCUT2D eigenvalue weighted by atomic mass is 32.2. The van der Waals surface area contributed by atoms with Crippen molar-refractivity contribution in [3.8, 4) is 5.75 Å². The molecule has 0 aliphatic carbocycles. The minimum absolute atomic E-state index is 0.408. The molecule has 0 amide bonds. The molecule has 0 fully saturated rings. The van der Waals surface area contributed by atoms with E-state index in [4.69, 9.17) is 15.6 Å². The number of rotatable bonds is 7. The smallest absolute Gasteiger partial charge is 0.321 e. The van der Waals surface area contributed by atoms with Gasteiger partial charge < -0.3 is 15.6 Å². The molecular weight excluding hydrogens is 250 g/mol. The van der Waals surface area contributed by atoms with E-state index in [0.29, 0.717) is 12.4 Å². The number of carboxylic acid groups (broad SMARTS) is 1. The van der Waals surface area contributed by atoms with Gasteiger partial charge in [0, 0.05) is 11.5 Å². The maximum atomic E-state index is 10.5. The van der Waals surface area contributed by atoms with Gasteiger partial charge in [0.15, 0.2) is 0 Å². The number of ether oxygens (including phenoxy) is 1. The second-order valence-corrected chi connectivity index (χ2v) is 5.29. The van der Waals surface area contributed by atoms with Crippen LogP contribution in [0.4, 0.5) is 0 Å². The monoisotopic (exact) mass is 269 g/mol. The predicted octanol–water partition coefficient (Wildman–Crippen LogP) is 1.83. The van der Waals surface area contributed by atoms with Gasteiger partial charge >= 0.3 is 5.97 Å². The summed E-state index contributed by atoms with van der Waals surface area (Å²) in [7, 11) is 0. The van der Waals surface area contributed by atoms with E-state index in [2.05, 4.69) is 0 Å². The Balaban J connectivity index is 2.26. The number of nitrogens with two attached hydrogens (primary N) is 1. The van der Waals surface area contributed by atoms with E-state index in [1.165, 1.54) is 11.8 Å². The molecule has 0 bridgehead atoms. The molecule has 1 aromatic rings. The Labute approximate surface area is 112 Å². The minimum Gasteiger partial charge on any atom is -0.492 e. The van der Waals surface area contributed by atoms with E-state index >= 15 is 0 Å². The summed E-state index contributed by atoms with van der Waals surface area (Å²) >= 11 is 1.49. The normalized spacial score (nSPS) is 12.2. The highest BCUT2D eigenvalue weighted by molar-refractivity contribution is 7.99. The van der Waals surface area contributed by atoms with E-state index in [0.717, 1.165) is 22.6 Å². The highest BCUT2D eigenvalue weighted by Gasteiger charge is 2.10. The molecule has 0 spiro atoms. The largest absolute Gasteiger partial charge is 0.492 e. The number of benzene rings is 1. The first-order valence-electron chi connectivity index (χ1n) is 5.77. The summed E-state index contributed by atoms with van der Waals surface area (Å²) < 4.78 is 5.65. The molecule has 100 valence electrons. The fourth-order valence-electron chi connectivity index (χ4n) is 1.35. The highest BCUT2D eigenvalue weighted by Crippen LogP contribution is 2.19. The maximum Gasteiger partial charge on any atom is 0.321 e. The van der Waals surface area contributed by atoms with Gasteiger partial charge in [-0.05, 0) is 31.0 Å². The fourth-order valence-corrected chi connectivity index (χ4v) is 2.12. The van der Waals surface area contributed by atoms with Crippen molar-refractivity contribution in [3.63, 3.8) is 0 Å². The quantitative estimate of drug-likeness (QED) is 0.739. The molecule has 0 heterocycles. The molecule has 18 heavy (non-hydrogen) atoms. The van der Waals surface area contributed by atoms with Gasteiger partial charge in [0.25, 0.3) is 0 Å². The van der Waals surface area contributed by atoms with Gasteiger partial charge in [-0.15, -0.1) is 0 Å². The van der Waals surface area contributed by atoms with Crippen molar-refractivity contribution in [2.45, 2.75) is 19.9 Å². The molecule has 1 aromatic carbocycles. The van der Waals surface area contributed by atoms with Gasteiger partial charge in [0.1, 0.15) is 11.8 Å². The average molecular weight is 269 g/mol. The molecule has 0 aromatic heterocycles. The van der Waals surface area contributed by atoms with Crippen LogP contribution in [-0.4, -0.2) is 35.2 Å². The van der Waals surface area contributed by atoms with Crippen LogP contribution in [0.5, 0.6) is 5.75 Å². The molecule has 0 aliphatic heterocycles. The van der Waals surface area contributed by atoms with E-state index in [-0.39, 0.29) is 0 Å². The number of aryl methyl sites for hydroxylation is 2. The van der Waals surface area contributed by atoms with Crippen LogP contribution < -0.4 is 10.5 Å². The Morgan fingerprint density at radius 2 is 2.22 bits per heavy atom. The lowest BCUT2D eigenvalue weighted by Gasteiger charge is -2.10. The van der Waals surface area contributed by atoms with Crippen LogP contribution in [0, 0.1) is 13.8 Å². The van der Waals surface area contributed by atoms with Crippen molar-refractivity contribution < 1.29 is 14.6 Å². The second-order valence-electron chi connectivity index (χ2n) is 4.14. The molecule has 0 aliphatic rings.